The molecule has 1 heterocycles. The van der Waals surface area contributed by atoms with E-state index < -0.39 is 17.5 Å². The van der Waals surface area contributed by atoms with Crippen LogP contribution in [-0.2, 0) is 4.79 Å². The van der Waals surface area contributed by atoms with Gasteiger partial charge in [0.15, 0.2) is 17.7 Å². The summed E-state index contributed by atoms with van der Waals surface area (Å²) in [6, 6.07) is 8.13. The summed E-state index contributed by atoms with van der Waals surface area (Å²) in [5, 5.41) is 19.9. The third-order valence-electron chi connectivity index (χ3n) is 4.02. The first kappa shape index (κ1) is 20.7. The number of rotatable bonds is 8. The van der Waals surface area contributed by atoms with Crippen molar-refractivity contribution in [3.63, 3.8) is 0 Å². The van der Waals surface area contributed by atoms with Crippen LogP contribution in [0.15, 0.2) is 33.9 Å². The van der Waals surface area contributed by atoms with Crippen LogP contribution in [0, 0.1) is 23.1 Å². The summed E-state index contributed by atoms with van der Waals surface area (Å²) in [7, 11) is 0. The minimum Gasteiger partial charge on any atom is -0.478 e. The smallest absolute Gasteiger partial charge is 0.277 e. The first-order chi connectivity index (χ1) is 12.7. The Morgan fingerprint density at radius 2 is 2.11 bits per heavy atom. The number of nitrogens with zero attached hydrogens (tertiary/aromatic N) is 3. The zero-order valence-corrected chi connectivity index (χ0v) is 16.3. The van der Waals surface area contributed by atoms with Crippen LogP contribution in [0.25, 0.3) is 0 Å². The molecule has 0 aliphatic heterocycles. The molecule has 9 heteroatoms. The van der Waals surface area contributed by atoms with E-state index >= 15 is 0 Å². The number of amides is 1. The molecule has 0 bridgehead atoms. The Hall–Kier alpha value is -2.60. The summed E-state index contributed by atoms with van der Waals surface area (Å²) in [6.45, 7) is 7.05. The van der Waals surface area contributed by atoms with Crippen molar-refractivity contribution < 1.29 is 18.3 Å². The average molecular weight is 392 g/mol. The maximum Gasteiger partial charge on any atom is 0.277 e. The molecule has 2 aromatic rings. The SMILES string of the molecule is CC(C)[C@](C)(C#N)NC(=O)CSc1nnc([C@@H](C)Oc2ccccc2F)o1. The van der Waals surface area contributed by atoms with E-state index in [4.69, 9.17) is 9.15 Å². The standard InChI is InChI=1S/C18H21FN4O3S/c1-11(2)18(4,10-20)21-15(24)9-27-17-23-22-16(26-17)12(3)25-14-8-6-5-7-13(14)19/h5-8,11-12H,9H2,1-4H3,(H,21,24)/t12-,18+/m1/s1. The molecule has 27 heavy (non-hydrogen) atoms. The second-order valence-electron chi connectivity index (χ2n) is 6.40. The van der Waals surface area contributed by atoms with Crippen molar-refractivity contribution in [2.24, 2.45) is 5.92 Å². The third kappa shape index (κ3) is 5.44. The molecule has 7 nitrogen and oxygen atoms in total. The lowest BCUT2D eigenvalue weighted by Crippen LogP contribution is -2.49. The molecule has 1 aromatic carbocycles. The molecule has 0 aliphatic rings. The highest BCUT2D eigenvalue weighted by Gasteiger charge is 2.30. The maximum atomic E-state index is 13.6. The number of nitriles is 1. The van der Waals surface area contributed by atoms with E-state index in [0.717, 1.165) is 11.8 Å². The Morgan fingerprint density at radius 3 is 2.74 bits per heavy atom. The average Bonchev–Trinajstić information content (AvgIpc) is 3.11. The van der Waals surface area contributed by atoms with Crippen molar-refractivity contribution in [2.75, 3.05) is 5.75 Å². The molecule has 0 saturated carbocycles. The summed E-state index contributed by atoms with van der Waals surface area (Å²) >= 11 is 1.05. The topological polar surface area (TPSA) is 101 Å². The third-order valence-corrected chi connectivity index (χ3v) is 4.84. The monoisotopic (exact) mass is 392 g/mol. The van der Waals surface area contributed by atoms with E-state index in [0.29, 0.717) is 0 Å². The molecule has 144 valence electrons. The molecule has 1 N–H and O–H groups in total. The van der Waals surface area contributed by atoms with Crippen LogP contribution in [-0.4, -0.2) is 27.4 Å². The number of halogens is 1. The van der Waals surface area contributed by atoms with Gasteiger partial charge in [0.1, 0.15) is 5.54 Å². The number of aromatic nitrogens is 2. The van der Waals surface area contributed by atoms with Crippen molar-refractivity contribution in [1.82, 2.24) is 15.5 Å². The number of benzene rings is 1. The van der Waals surface area contributed by atoms with E-state index in [2.05, 4.69) is 21.6 Å². The lowest BCUT2D eigenvalue weighted by atomic mass is 9.90. The molecule has 1 amide bonds. The summed E-state index contributed by atoms with van der Waals surface area (Å²) < 4.78 is 24.6. The van der Waals surface area contributed by atoms with Gasteiger partial charge in [0, 0.05) is 0 Å². The summed E-state index contributed by atoms with van der Waals surface area (Å²) in [4.78, 5) is 12.1. The molecule has 0 saturated heterocycles. The Kier molecular flexibility index (Phi) is 6.80. The normalized spacial score (nSPS) is 14.3. The first-order valence-electron chi connectivity index (χ1n) is 8.35. The van der Waals surface area contributed by atoms with E-state index in [1.807, 2.05) is 13.8 Å². The molecule has 0 spiro atoms. The maximum absolute atomic E-state index is 13.6. The molecule has 0 aliphatic carbocycles. The number of hydrogen-bond donors (Lipinski definition) is 1. The summed E-state index contributed by atoms with van der Waals surface area (Å²) in [6.07, 6.45) is -0.652. The molecule has 0 fully saturated rings. The van der Waals surface area contributed by atoms with Gasteiger partial charge in [0.25, 0.3) is 11.1 Å². The Bertz CT molecular complexity index is 836. The number of carbonyl (C=O) groups excluding carboxylic acids is 1. The Labute approximate surface area is 161 Å². The fourth-order valence-electron chi connectivity index (χ4n) is 1.98. The van der Waals surface area contributed by atoms with Crippen LogP contribution in [0.5, 0.6) is 5.75 Å². The van der Waals surface area contributed by atoms with E-state index in [1.165, 1.54) is 12.1 Å². The number of nitrogens with one attached hydrogen (secondary N) is 1. The van der Waals surface area contributed by atoms with Gasteiger partial charge in [-0.25, -0.2) is 4.39 Å². The minimum absolute atomic E-state index is 0.0220. The fraction of sp³-hybridized carbons (Fsp3) is 0.444. The second-order valence-corrected chi connectivity index (χ2v) is 7.33. The van der Waals surface area contributed by atoms with Gasteiger partial charge in [-0.3, -0.25) is 4.79 Å². The van der Waals surface area contributed by atoms with Gasteiger partial charge in [-0.05, 0) is 31.9 Å². The molecular formula is C18H21FN4O3S. The fourth-order valence-corrected chi connectivity index (χ4v) is 2.55. The lowest BCUT2D eigenvalue weighted by molar-refractivity contribution is -0.120. The largest absolute Gasteiger partial charge is 0.478 e. The zero-order valence-electron chi connectivity index (χ0n) is 15.5. The predicted octanol–water partition coefficient (Wildman–Crippen LogP) is 3.50. The Balaban J connectivity index is 1.91. The van der Waals surface area contributed by atoms with Crippen molar-refractivity contribution in [3.8, 4) is 11.8 Å². The molecule has 0 unspecified atom stereocenters. The van der Waals surface area contributed by atoms with Gasteiger partial charge in [-0.2, -0.15) is 5.26 Å². The van der Waals surface area contributed by atoms with E-state index in [-0.39, 0.29) is 34.4 Å². The molecule has 1 aromatic heterocycles. The van der Waals surface area contributed by atoms with Gasteiger partial charge in [0.2, 0.25) is 5.91 Å². The Morgan fingerprint density at radius 1 is 1.41 bits per heavy atom. The van der Waals surface area contributed by atoms with Gasteiger partial charge in [-0.1, -0.05) is 37.7 Å². The summed E-state index contributed by atoms with van der Waals surface area (Å²) in [5.74, 6) is -0.558. The van der Waals surface area contributed by atoms with Gasteiger partial charge in [0.05, 0.1) is 11.8 Å². The van der Waals surface area contributed by atoms with Crippen molar-refractivity contribution in [1.29, 1.82) is 5.26 Å². The molecule has 0 radical (unpaired) electrons. The number of thioether (sulfide) groups is 1. The van der Waals surface area contributed by atoms with Gasteiger partial charge >= 0.3 is 0 Å². The van der Waals surface area contributed by atoms with Crippen LogP contribution >= 0.6 is 11.8 Å². The molecular weight excluding hydrogens is 371 g/mol. The predicted molar refractivity (Wildman–Crippen MR) is 97.5 cm³/mol. The zero-order chi connectivity index (χ0) is 20.0. The number of hydrogen-bond acceptors (Lipinski definition) is 7. The van der Waals surface area contributed by atoms with E-state index in [9.17, 15) is 14.4 Å². The quantitative estimate of drug-likeness (QED) is 0.686. The molecule has 2 atom stereocenters. The highest BCUT2D eigenvalue weighted by Crippen LogP contribution is 2.25. The highest BCUT2D eigenvalue weighted by atomic mass is 32.2. The number of para-hydroxylation sites is 1. The van der Waals surface area contributed by atoms with Crippen LogP contribution in [0.4, 0.5) is 4.39 Å². The number of carbonyl (C=O) groups is 1. The lowest BCUT2D eigenvalue weighted by Gasteiger charge is -2.27. The van der Waals surface area contributed by atoms with Crippen molar-refractivity contribution in [2.45, 2.75) is 44.6 Å². The summed E-state index contributed by atoms with van der Waals surface area (Å²) in [5.41, 5.74) is -0.945. The van der Waals surface area contributed by atoms with Crippen LogP contribution in [0.2, 0.25) is 0 Å². The van der Waals surface area contributed by atoms with Crippen LogP contribution in [0.1, 0.15) is 39.7 Å². The van der Waals surface area contributed by atoms with Crippen LogP contribution in [0.3, 0.4) is 0 Å². The van der Waals surface area contributed by atoms with Crippen molar-refractivity contribution in [3.05, 3.63) is 36.0 Å². The first-order valence-corrected chi connectivity index (χ1v) is 9.33. The van der Waals surface area contributed by atoms with Gasteiger partial charge < -0.3 is 14.5 Å². The van der Waals surface area contributed by atoms with E-state index in [1.54, 1.807) is 26.0 Å². The highest BCUT2D eigenvalue weighted by molar-refractivity contribution is 7.99. The number of ether oxygens (including phenoxy) is 1. The minimum atomic E-state index is -0.945. The second kappa shape index (κ2) is 8.86. The van der Waals surface area contributed by atoms with Crippen LogP contribution < -0.4 is 10.1 Å². The van der Waals surface area contributed by atoms with Gasteiger partial charge in [-0.15, -0.1) is 10.2 Å². The van der Waals surface area contributed by atoms with Crippen molar-refractivity contribution >= 4 is 17.7 Å². The molecule has 2 rings (SSSR count).